The molecule has 7 heteroatoms. The summed E-state index contributed by atoms with van der Waals surface area (Å²) in [6.45, 7) is 0. The number of carbonyl (C=O) groups excluding carboxylic acids is 2. The lowest BCUT2D eigenvalue weighted by molar-refractivity contribution is -0.119. The Hall–Kier alpha value is -4.91. The van der Waals surface area contributed by atoms with E-state index in [1.165, 1.54) is 4.90 Å². The molecule has 0 aliphatic carbocycles. The van der Waals surface area contributed by atoms with Crippen LogP contribution in [0, 0.1) is 0 Å². The molecular weight excluding hydrogens is 452 g/mol. The number of para-hydroxylation sites is 4. The summed E-state index contributed by atoms with van der Waals surface area (Å²) in [4.78, 5) is 32.6. The Balaban J connectivity index is 1.42. The molecule has 4 aromatic carbocycles. The van der Waals surface area contributed by atoms with Crippen LogP contribution in [0.3, 0.4) is 0 Å². The van der Waals surface area contributed by atoms with E-state index in [1.54, 1.807) is 25.2 Å². The molecule has 7 nitrogen and oxygen atoms in total. The predicted octanol–water partition coefficient (Wildman–Crippen LogP) is 5.44. The molecule has 0 unspecified atom stereocenters. The van der Waals surface area contributed by atoms with E-state index in [9.17, 15) is 9.59 Å². The normalized spacial score (nSPS) is 14.8. The van der Waals surface area contributed by atoms with E-state index in [4.69, 9.17) is 9.73 Å². The number of likely N-dealkylation sites (N-methyl/N-ethyl adjacent to an activating group) is 1. The van der Waals surface area contributed by atoms with Gasteiger partial charge in [-0.1, -0.05) is 78.9 Å². The number of fused-ring (bicyclic) bond motifs is 1. The van der Waals surface area contributed by atoms with Crippen LogP contribution < -0.4 is 20.3 Å². The molecule has 0 spiro atoms. The maximum atomic E-state index is 13.3. The van der Waals surface area contributed by atoms with Crippen LogP contribution in [-0.4, -0.2) is 30.9 Å². The van der Waals surface area contributed by atoms with Gasteiger partial charge in [0.25, 0.3) is 5.91 Å². The smallest absolute Gasteiger partial charge is 0.321 e. The molecule has 0 aromatic heterocycles. The van der Waals surface area contributed by atoms with Gasteiger partial charge in [0.15, 0.2) is 5.75 Å². The highest BCUT2D eigenvalue weighted by Gasteiger charge is 2.31. The van der Waals surface area contributed by atoms with Gasteiger partial charge in [0.05, 0.1) is 17.1 Å². The summed E-state index contributed by atoms with van der Waals surface area (Å²) in [6.07, 6.45) is -1.13. The molecule has 1 heterocycles. The van der Waals surface area contributed by atoms with E-state index < -0.39 is 12.2 Å². The molecular formula is C29H24N4O3. The number of amides is 3. The van der Waals surface area contributed by atoms with Gasteiger partial charge in [0.1, 0.15) is 5.75 Å². The van der Waals surface area contributed by atoms with Gasteiger partial charge < -0.3 is 20.3 Å². The van der Waals surface area contributed by atoms with Crippen LogP contribution in [0.2, 0.25) is 0 Å². The van der Waals surface area contributed by atoms with Crippen molar-refractivity contribution in [1.29, 1.82) is 0 Å². The van der Waals surface area contributed by atoms with Gasteiger partial charge in [-0.3, -0.25) is 4.79 Å². The molecule has 3 amide bonds. The van der Waals surface area contributed by atoms with Gasteiger partial charge in [-0.25, -0.2) is 9.79 Å². The van der Waals surface area contributed by atoms with Gasteiger partial charge in [-0.2, -0.15) is 0 Å². The molecule has 178 valence electrons. The van der Waals surface area contributed by atoms with Crippen molar-refractivity contribution in [2.45, 2.75) is 6.17 Å². The summed E-state index contributed by atoms with van der Waals surface area (Å²) in [5, 5.41) is 5.52. The van der Waals surface area contributed by atoms with Gasteiger partial charge in [-0.15, -0.1) is 0 Å². The van der Waals surface area contributed by atoms with Crippen LogP contribution in [0.1, 0.15) is 11.1 Å². The summed E-state index contributed by atoms with van der Waals surface area (Å²) in [7, 11) is 1.68. The van der Waals surface area contributed by atoms with Crippen molar-refractivity contribution >= 4 is 29.0 Å². The Kier molecular flexibility index (Phi) is 6.44. The lowest BCUT2D eigenvalue weighted by Gasteiger charge is -2.21. The minimum Gasteiger partial charge on any atom is -0.455 e. The Labute approximate surface area is 209 Å². The van der Waals surface area contributed by atoms with E-state index in [1.807, 2.05) is 91.0 Å². The minimum absolute atomic E-state index is 0.350. The highest BCUT2D eigenvalue weighted by Crippen LogP contribution is 2.30. The van der Waals surface area contributed by atoms with Gasteiger partial charge in [0, 0.05) is 18.2 Å². The van der Waals surface area contributed by atoms with Gasteiger partial charge in [-0.05, 0) is 30.3 Å². The molecule has 5 rings (SSSR count). The number of hydrogen-bond donors (Lipinski definition) is 2. The fourth-order valence-electron chi connectivity index (χ4n) is 4.00. The second-order valence-corrected chi connectivity index (χ2v) is 8.17. The fourth-order valence-corrected chi connectivity index (χ4v) is 4.00. The van der Waals surface area contributed by atoms with Crippen molar-refractivity contribution in [2.75, 3.05) is 17.3 Å². The molecule has 36 heavy (non-hydrogen) atoms. The quantitative estimate of drug-likeness (QED) is 0.402. The molecule has 1 aliphatic heterocycles. The molecule has 0 saturated carbocycles. The number of ether oxygens (including phenoxy) is 1. The summed E-state index contributed by atoms with van der Waals surface area (Å²) in [6, 6.07) is 33.0. The average Bonchev–Trinajstić information content (AvgIpc) is 3.01. The van der Waals surface area contributed by atoms with Crippen molar-refractivity contribution in [2.24, 2.45) is 4.99 Å². The average molecular weight is 477 g/mol. The van der Waals surface area contributed by atoms with E-state index in [0.717, 1.165) is 16.8 Å². The van der Waals surface area contributed by atoms with Crippen LogP contribution in [-0.2, 0) is 4.79 Å². The third-order valence-electron chi connectivity index (χ3n) is 5.76. The zero-order chi connectivity index (χ0) is 24.9. The van der Waals surface area contributed by atoms with Crippen LogP contribution in [0.5, 0.6) is 11.5 Å². The predicted molar refractivity (Wildman–Crippen MR) is 141 cm³/mol. The van der Waals surface area contributed by atoms with Crippen LogP contribution >= 0.6 is 0 Å². The highest BCUT2D eigenvalue weighted by atomic mass is 16.5. The summed E-state index contributed by atoms with van der Waals surface area (Å²) in [5.41, 5.74) is 3.47. The van der Waals surface area contributed by atoms with Crippen molar-refractivity contribution in [3.05, 3.63) is 120 Å². The first kappa shape index (κ1) is 22.9. The Morgan fingerprint density at radius 1 is 0.833 bits per heavy atom. The number of rotatable bonds is 5. The molecule has 4 aromatic rings. The summed E-state index contributed by atoms with van der Waals surface area (Å²) < 4.78 is 5.93. The molecule has 1 atom stereocenters. The van der Waals surface area contributed by atoms with E-state index in [-0.39, 0.29) is 5.91 Å². The number of urea groups is 1. The fraction of sp³-hybridized carbons (Fsp3) is 0.0690. The first-order chi connectivity index (χ1) is 17.6. The van der Waals surface area contributed by atoms with E-state index in [0.29, 0.717) is 22.9 Å². The summed E-state index contributed by atoms with van der Waals surface area (Å²) in [5.74, 6) is 0.768. The van der Waals surface area contributed by atoms with Gasteiger partial charge >= 0.3 is 6.03 Å². The third-order valence-corrected chi connectivity index (χ3v) is 5.76. The Morgan fingerprint density at radius 3 is 2.25 bits per heavy atom. The topological polar surface area (TPSA) is 83.0 Å². The number of aliphatic imine (C=N–C) groups is 1. The van der Waals surface area contributed by atoms with Crippen LogP contribution in [0.15, 0.2) is 114 Å². The number of anilines is 2. The van der Waals surface area contributed by atoms with Crippen molar-refractivity contribution in [3.8, 4) is 11.5 Å². The largest absolute Gasteiger partial charge is 0.455 e. The zero-order valence-corrected chi connectivity index (χ0v) is 19.6. The SMILES string of the molecule is CN1C(=O)[C@H](NC(=O)Nc2ccccc2Oc2ccccc2)N=C(c2ccccc2)c2ccccc21. The maximum absolute atomic E-state index is 13.3. The van der Waals surface area contributed by atoms with Crippen molar-refractivity contribution < 1.29 is 14.3 Å². The second kappa shape index (κ2) is 10.1. The highest BCUT2D eigenvalue weighted by molar-refractivity contribution is 6.20. The Bertz CT molecular complexity index is 1420. The maximum Gasteiger partial charge on any atom is 0.321 e. The van der Waals surface area contributed by atoms with E-state index >= 15 is 0 Å². The first-order valence-electron chi connectivity index (χ1n) is 11.5. The number of benzodiazepines with no additional fused rings is 1. The summed E-state index contributed by atoms with van der Waals surface area (Å²) >= 11 is 0. The second-order valence-electron chi connectivity index (χ2n) is 8.17. The molecule has 1 aliphatic rings. The van der Waals surface area contributed by atoms with Crippen LogP contribution in [0.4, 0.5) is 16.2 Å². The Morgan fingerprint density at radius 2 is 1.47 bits per heavy atom. The standard InChI is InChI=1S/C29H24N4O3/c1-33-24-18-10-8-16-22(24)26(20-12-4-2-5-13-20)31-27(28(33)34)32-29(35)30-23-17-9-11-19-25(23)36-21-14-6-3-7-15-21/h2-19,27H,1H3,(H2,30,32,35)/t27-/m0/s1. The molecule has 0 radical (unpaired) electrons. The van der Waals surface area contributed by atoms with E-state index in [2.05, 4.69) is 10.6 Å². The number of nitrogens with one attached hydrogen (secondary N) is 2. The number of nitrogens with zero attached hydrogens (tertiary/aromatic N) is 2. The van der Waals surface area contributed by atoms with Crippen molar-refractivity contribution in [1.82, 2.24) is 5.32 Å². The molecule has 0 bridgehead atoms. The number of carbonyl (C=O) groups is 2. The lowest BCUT2D eigenvalue weighted by atomic mass is 10.0. The number of hydrogen-bond acceptors (Lipinski definition) is 4. The first-order valence-corrected chi connectivity index (χ1v) is 11.5. The lowest BCUT2D eigenvalue weighted by Crippen LogP contribution is -2.47. The van der Waals surface area contributed by atoms with Crippen LogP contribution in [0.25, 0.3) is 0 Å². The monoisotopic (exact) mass is 476 g/mol. The minimum atomic E-state index is -1.13. The molecule has 2 N–H and O–H groups in total. The van der Waals surface area contributed by atoms with Crippen molar-refractivity contribution in [3.63, 3.8) is 0 Å². The zero-order valence-electron chi connectivity index (χ0n) is 19.6. The third kappa shape index (κ3) is 4.81. The molecule has 0 fully saturated rings. The number of benzene rings is 4. The van der Waals surface area contributed by atoms with Gasteiger partial charge in [0.2, 0.25) is 6.17 Å². The molecule has 0 saturated heterocycles.